The first-order valence-corrected chi connectivity index (χ1v) is 9.70. The van der Waals surface area contributed by atoms with Crippen molar-refractivity contribution < 1.29 is 17.2 Å². The number of hydrogen-bond acceptors (Lipinski definition) is 4. The molecule has 2 rings (SSSR count). The van der Waals surface area contributed by atoms with Gasteiger partial charge >= 0.3 is 0 Å². The van der Waals surface area contributed by atoms with Crippen molar-refractivity contribution in [2.24, 2.45) is 5.73 Å². The molecule has 1 aromatic carbocycles. The van der Waals surface area contributed by atoms with Gasteiger partial charge in [0, 0.05) is 23.9 Å². The van der Waals surface area contributed by atoms with E-state index < -0.39 is 10.0 Å². The van der Waals surface area contributed by atoms with Crippen molar-refractivity contribution in [3.05, 3.63) is 58.1 Å². The maximum Gasteiger partial charge on any atom is 0.231 e. The molecule has 0 aliphatic heterocycles. The van der Waals surface area contributed by atoms with Gasteiger partial charge in [-0.3, -0.25) is 4.31 Å². The average molecular weight is 380 g/mol. The molecule has 0 saturated carbocycles. The fourth-order valence-corrected chi connectivity index (χ4v) is 2.77. The normalized spacial score (nSPS) is 11.6. The quantitative estimate of drug-likeness (QED) is 0.881. The summed E-state index contributed by atoms with van der Waals surface area (Å²) in [6, 6.07) is 7.66. The van der Waals surface area contributed by atoms with Gasteiger partial charge in [-0.05, 0) is 51.2 Å². The van der Waals surface area contributed by atoms with Gasteiger partial charge in [-0.1, -0.05) is 12.2 Å². The van der Waals surface area contributed by atoms with Gasteiger partial charge in [0.25, 0.3) is 0 Å². The number of furan rings is 1. The number of rotatable bonds is 4. The summed E-state index contributed by atoms with van der Waals surface area (Å²) in [7, 11) is -0.403. The molecule has 0 unspecified atom stereocenters. The lowest BCUT2D eigenvalue weighted by Crippen LogP contribution is -2.27. The summed E-state index contributed by atoms with van der Waals surface area (Å²) in [5, 5.41) is 0.620. The van der Waals surface area contributed by atoms with Gasteiger partial charge in [0.2, 0.25) is 10.0 Å². The topological polar surface area (TPSA) is 76.5 Å². The molecule has 0 spiro atoms. The van der Waals surface area contributed by atoms with Crippen LogP contribution >= 0.6 is 0 Å². The smallest absolute Gasteiger partial charge is 0.231 e. The van der Waals surface area contributed by atoms with Gasteiger partial charge < -0.3 is 10.2 Å². The zero-order valence-electron chi connectivity index (χ0n) is 15.7. The number of nitrogens with zero attached hydrogens (tertiary/aromatic N) is 1. The van der Waals surface area contributed by atoms with E-state index in [1.807, 2.05) is 13.8 Å². The van der Waals surface area contributed by atoms with E-state index in [-0.39, 0.29) is 5.82 Å². The monoisotopic (exact) mass is 380 g/mol. The summed E-state index contributed by atoms with van der Waals surface area (Å²) in [5.41, 5.74) is 7.02. The van der Waals surface area contributed by atoms with E-state index >= 15 is 0 Å². The van der Waals surface area contributed by atoms with Crippen LogP contribution in [0, 0.1) is 5.82 Å². The first kappa shape index (κ1) is 21.7. The first-order chi connectivity index (χ1) is 12.1. The summed E-state index contributed by atoms with van der Waals surface area (Å²) in [6.07, 6.45) is 2.78. The predicted octanol–water partition coefficient (Wildman–Crippen LogP) is 2.04. The minimum absolute atomic E-state index is 0.325. The number of sulfonamides is 1. The predicted molar refractivity (Wildman–Crippen MR) is 104 cm³/mol. The molecule has 26 heavy (non-hydrogen) atoms. The van der Waals surface area contributed by atoms with Crippen LogP contribution in [0.4, 0.5) is 4.39 Å². The van der Waals surface area contributed by atoms with Crippen molar-refractivity contribution in [2.75, 3.05) is 20.4 Å². The fraction of sp³-hybridized carbons (Fsp3) is 0.263. The highest BCUT2D eigenvalue weighted by Gasteiger charge is 2.15. The molecule has 2 N–H and O–H groups in total. The minimum atomic E-state index is -3.39. The Hall–Kier alpha value is -2.38. The molecule has 0 radical (unpaired) electrons. The molecular weight excluding hydrogens is 355 g/mol. The third kappa shape index (κ3) is 5.31. The maximum atomic E-state index is 13.0. The molecule has 2 aromatic rings. The molecule has 0 saturated heterocycles. The van der Waals surface area contributed by atoms with Crippen molar-refractivity contribution in [1.82, 2.24) is 4.31 Å². The SMILES string of the molecule is C=c1cc(-c2ccc(F)cc2)o/c1=C/C(=C(C)C)N(C)S(C)(=O)=O.CN. The Morgan fingerprint density at radius 1 is 1.23 bits per heavy atom. The van der Waals surface area contributed by atoms with E-state index in [1.165, 1.54) is 30.5 Å². The van der Waals surface area contributed by atoms with E-state index in [9.17, 15) is 12.8 Å². The van der Waals surface area contributed by atoms with Crippen LogP contribution in [0.1, 0.15) is 13.8 Å². The van der Waals surface area contributed by atoms with Gasteiger partial charge in [0.05, 0.1) is 12.0 Å². The average Bonchev–Trinajstić information content (AvgIpc) is 2.94. The number of hydrogen-bond donors (Lipinski definition) is 1. The van der Waals surface area contributed by atoms with Gasteiger partial charge in [-0.15, -0.1) is 0 Å². The van der Waals surface area contributed by atoms with Gasteiger partial charge in [-0.25, -0.2) is 12.8 Å². The molecule has 142 valence electrons. The molecule has 5 nitrogen and oxygen atoms in total. The molecule has 0 aliphatic carbocycles. The highest BCUT2D eigenvalue weighted by atomic mass is 32.2. The third-order valence-corrected chi connectivity index (χ3v) is 4.78. The molecule has 0 aliphatic rings. The van der Waals surface area contributed by atoms with Crippen molar-refractivity contribution in [2.45, 2.75) is 13.8 Å². The Balaban J connectivity index is 0.00000163. The lowest BCUT2D eigenvalue weighted by Gasteiger charge is -2.19. The van der Waals surface area contributed by atoms with Gasteiger partial charge in [-0.2, -0.15) is 0 Å². The molecular formula is C19H25FN2O3S. The standard InChI is InChI=1S/C18H20FNO3S.CH5N/c1-12(2)16(20(4)24(5,21)22)11-17-13(3)10-18(23-17)14-6-8-15(19)9-7-14;1-2/h6-11H,3H2,1-2,4-5H3;2H2,1H3/b17-11+;. The minimum Gasteiger partial charge on any atom is -0.456 e. The third-order valence-electron chi connectivity index (χ3n) is 3.59. The largest absolute Gasteiger partial charge is 0.456 e. The van der Waals surface area contributed by atoms with Crippen molar-refractivity contribution in [3.63, 3.8) is 0 Å². The lowest BCUT2D eigenvalue weighted by molar-refractivity contribution is 0.529. The molecule has 0 bridgehead atoms. The number of nitrogens with two attached hydrogens (primary N) is 1. The van der Waals surface area contributed by atoms with Gasteiger partial charge in [0.1, 0.15) is 17.0 Å². The molecule has 0 fully saturated rings. The van der Waals surface area contributed by atoms with E-state index in [1.54, 1.807) is 24.3 Å². The summed E-state index contributed by atoms with van der Waals surface area (Å²) in [5.74, 6) is 0.218. The highest BCUT2D eigenvalue weighted by Crippen LogP contribution is 2.18. The van der Waals surface area contributed by atoms with Crippen LogP contribution in [-0.2, 0) is 10.0 Å². The van der Waals surface area contributed by atoms with Crippen molar-refractivity contribution >= 4 is 22.7 Å². The molecule has 1 heterocycles. The van der Waals surface area contributed by atoms with E-state index in [2.05, 4.69) is 12.3 Å². The van der Waals surface area contributed by atoms with Crippen LogP contribution in [0.3, 0.4) is 0 Å². The highest BCUT2D eigenvalue weighted by molar-refractivity contribution is 7.88. The summed E-state index contributed by atoms with van der Waals surface area (Å²) >= 11 is 0. The number of benzene rings is 1. The maximum absolute atomic E-state index is 13.0. The summed E-state index contributed by atoms with van der Waals surface area (Å²) in [4.78, 5) is 0. The van der Waals surface area contributed by atoms with Crippen LogP contribution in [0.25, 0.3) is 24.0 Å². The second-order valence-corrected chi connectivity index (χ2v) is 7.78. The van der Waals surface area contributed by atoms with E-state index in [4.69, 9.17) is 4.42 Å². The molecule has 0 atom stereocenters. The second kappa shape index (κ2) is 8.82. The van der Waals surface area contributed by atoms with Crippen LogP contribution < -0.4 is 16.4 Å². The summed E-state index contributed by atoms with van der Waals surface area (Å²) < 4.78 is 43.6. The number of halogens is 1. The fourth-order valence-electron chi connectivity index (χ4n) is 2.17. The Labute approximate surface area is 154 Å². The van der Waals surface area contributed by atoms with Crippen LogP contribution in [0.2, 0.25) is 0 Å². The summed E-state index contributed by atoms with van der Waals surface area (Å²) in [6.45, 7) is 7.57. The zero-order valence-corrected chi connectivity index (χ0v) is 16.5. The second-order valence-electron chi connectivity index (χ2n) is 5.77. The Kier molecular flexibility index (Phi) is 7.35. The van der Waals surface area contributed by atoms with Crippen molar-refractivity contribution in [3.8, 4) is 11.3 Å². The Bertz CT molecular complexity index is 986. The number of allylic oxidation sites excluding steroid dienone is 2. The Morgan fingerprint density at radius 3 is 2.23 bits per heavy atom. The van der Waals surface area contributed by atoms with Crippen LogP contribution in [-0.4, -0.2) is 33.1 Å². The van der Waals surface area contributed by atoms with Crippen LogP contribution in [0.15, 0.2) is 46.0 Å². The van der Waals surface area contributed by atoms with Gasteiger partial charge in [0.15, 0.2) is 0 Å². The zero-order chi connectivity index (χ0) is 20.1. The molecule has 1 aromatic heterocycles. The van der Waals surface area contributed by atoms with Crippen LogP contribution in [0.5, 0.6) is 0 Å². The molecule has 0 amide bonds. The lowest BCUT2D eigenvalue weighted by atomic mass is 10.2. The Morgan fingerprint density at radius 2 is 1.77 bits per heavy atom. The van der Waals surface area contributed by atoms with Crippen molar-refractivity contribution in [1.29, 1.82) is 0 Å². The molecule has 7 heteroatoms. The van der Waals surface area contributed by atoms with E-state index in [0.29, 0.717) is 22.1 Å². The first-order valence-electron chi connectivity index (χ1n) is 7.85. The van der Waals surface area contributed by atoms with E-state index in [0.717, 1.165) is 17.4 Å².